The molecule has 84 valence electrons. The molecule has 0 bridgehead atoms. The molecular weight excluding hydrogens is 288 g/mol. The molecule has 6 heteroatoms. The summed E-state index contributed by atoms with van der Waals surface area (Å²) in [4.78, 5) is 0. The van der Waals surface area contributed by atoms with E-state index in [9.17, 15) is 0 Å². The van der Waals surface area contributed by atoms with Crippen molar-refractivity contribution < 1.29 is 0 Å². The second-order valence-corrected chi connectivity index (χ2v) is 4.79. The number of nitrogens with two attached hydrogens (primary N) is 1. The molecule has 0 amide bonds. The van der Waals surface area contributed by atoms with Crippen LogP contribution in [0.2, 0.25) is 0 Å². The maximum Gasteiger partial charge on any atom is 0.221 e. The van der Waals surface area contributed by atoms with E-state index in [-0.39, 0.29) is 6.04 Å². The van der Waals surface area contributed by atoms with Crippen LogP contribution in [0.25, 0.3) is 0 Å². The zero-order valence-electron chi connectivity index (χ0n) is 8.64. The summed E-state index contributed by atoms with van der Waals surface area (Å²) in [6, 6.07) is 8.11. The van der Waals surface area contributed by atoms with Crippen molar-refractivity contribution in [1.82, 2.24) is 14.8 Å². The van der Waals surface area contributed by atoms with Crippen LogP contribution >= 0.6 is 28.1 Å². The van der Waals surface area contributed by atoms with Gasteiger partial charge >= 0.3 is 0 Å². The predicted molar refractivity (Wildman–Crippen MR) is 69.8 cm³/mol. The first-order chi connectivity index (χ1) is 7.59. The van der Waals surface area contributed by atoms with E-state index in [0.717, 1.165) is 10.0 Å². The van der Waals surface area contributed by atoms with E-state index in [2.05, 4.69) is 26.1 Å². The molecule has 2 aromatic rings. The van der Waals surface area contributed by atoms with E-state index in [1.807, 2.05) is 31.2 Å². The Balaban J connectivity index is 2.43. The van der Waals surface area contributed by atoms with Crippen LogP contribution in [0.3, 0.4) is 0 Å². The number of benzene rings is 1. The fourth-order valence-electron chi connectivity index (χ4n) is 1.58. The van der Waals surface area contributed by atoms with Gasteiger partial charge in [0.2, 0.25) is 5.95 Å². The van der Waals surface area contributed by atoms with Crippen LogP contribution in [-0.2, 0) is 0 Å². The van der Waals surface area contributed by atoms with E-state index in [1.165, 1.54) is 0 Å². The molecule has 1 unspecified atom stereocenters. The lowest BCUT2D eigenvalue weighted by Gasteiger charge is -2.14. The number of anilines is 1. The minimum absolute atomic E-state index is 0.0688. The van der Waals surface area contributed by atoms with Gasteiger partial charge in [0, 0.05) is 4.47 Å². The fourth-order valence-corrected chi connectivity index (χ4v) is 2.14. The number of nitrogens with one attached hydrogen (secondary N) is 1. The van der Waals surface area contributed by atoms with Gasteiger partial charge in [-0.3, -0.25) is 4.57 Å². The minimum atomic E-state index is 0.0688. The summed E-state index contributed by atoms with van der Waals surface area (Å²) in [6.45, 7) is 2.03. The first-order valence-corrected chi connectivity index (χ1v) is 5.97. The third-order valence-corrected chi connectivity index (χ3v) is 3.29. The average molecular weight is 299 g/mol. The van der Waals surface area contributed by atoms with Crippen LogP contribution < -0.4 is 5.73 Å². The molecule has 0 fully saturated rings. The van der Waals surface area contributed by atoms with Gasteiger partial charge in [0.15, 0.2) is 4.77 Å². The van der Waals surface area contributed by atoms with Crippen molar-refractivity contribution in [2.45, 2.75) is 13.0 Å². The quantitative estimate of drug-likeness (QED) is 0.838. The zero-order chi connectivity index (χ0) is 11.7. The first-order valence-electron chi connectivity index (χ1n) is 4.77. The Hall–Kier alpha value is -1.14. The molecule has 4 nitrogen and oxygen atoms in total. The van der Waals surface area contributed by atoms with Gasteiger partial charge in [0.05, 0.1) is 6.04 Å². The number of H-pyrrole nitrogens is 1. The summed E-state index contributed by atoms with van der Waals surface area (Å²) in [6.07, 6.45) is 0. The van der Waals surface area contributed by atoms with Gasteiger partial charge in [-0.15, -0.1) is 5.10 Å². The smallest absolute Gasteiger partial charge is 0.221 e. The molecule has 0 aliphatic heterocycles. The van der Waals surface area contributed by atoms with Crippen LogP contribution in [0, 0.1) is 4.77 Å². The average Bonchev–Trinajstić information content (AvgIpc) is 2.59. The van der Waals surface area contributed by atoms with E-state index in [0.29, 0.717) is 10.7 Å². The zero-order valence-corrected chi connectivity index (χ0v) is 11.0. The second kappa shape index (κ2) is 4.39. The number of nitrogen functional groups attached to an aromatic ring is 1. The summed E-state index contributed by atoms with van der Waals surface area (Å²) in [5.41, 5.74) is 6.89. The normalized spacial score (nSPS) is 12.6. The van der Waals surface area contributed by atoms with Gasteiger partial charge < -0.3 is 5.73 Å². The lowest BCUT2D eigenvalue weighted by atomic mass is 10.1. The molecule has 0 radical (unpaired) electrons. The van der Waals surface area contributed by atoms with Crippen molar-refractivity contribution in [3.63, 3.8) is 0 Å². The Kier molecular flexibility index (Phi) is 3.11. The van der Waals surface area contributed by atoms with Gasteiger partial charge in [-0.25, -0.2) is 5.10 Å². The first kappa shape index (κ1) is 11.3. The molecule has 3 N–H and O–H groups in total. The highest BCUT2D eigenvalue weighted by atomic mass is 79.9. The van der Waals surface area contributed by atoms with Gasteiger partial charge in [-0.2, -0.15) is 0 Å². The Morgan fingerprint density at radius 3 is 2.56 bits per heavy atom. The summed E-state index contributed by atoms with van der Waals surface area (Å²) >= 11 is 8.53. The monoisotopic (exact) mass is 298 g/mol. The van der Waals surface area contributed by atoms with Gasteiger partial charge in [-0.1, -0.05) is 28.1 Å². The van der Waals surface area contributed by atoms with Crippen molar-refractivity contribution in [3.8, 4) is 0 Å². The summed E-state index contributed by atoms with van der Waals surface area (Å²) < 4.78 is 3.37. The van der Waals surface area contributed by atoms with Crippen molar-refractivity contribution in [1.29, 1.82) is 0 Å². The molecule has 1 heterocycles. The standard InChI is InChI=1S/C10H11BrN4S/c1-6(7-2-4-8(11)5-3-7)15-9(12)13-14-10(15)16/h2-6H,1H3,(H2,12,13)(H,14,16). The number of hydrogen-bond donors (Lipinski definition) is 2. The lowest BCUT2D eigenvalue weighted by Crippen LogP contribution is -2.10. The fraction of sp³-hybridized carbons (Fsp3) is 0.200. The third-order valence-electron chi connectivity index (χ3n) is 2.47. The van der Waals surface area contributed by atoms with Crippen LogP contribution in [0.4, 0.5) is 5.95 Å². The lowest BCUT2D eigenvalue weighted by molar-refractivity contribution is 0.637. The number of aromatic amines is 1. The maximum absolute atomic E-state index is 5.75. The van der Waals surface area contributed by atoms with E-state index < -0.39 is 0 Å². The number of hydrogen-bond acceptors (Lipinski definition) is 3. The van der Waals surface area contributed by atoms with E-state index >= 15 is 0 Å². The Morgan fingerprint density at radius 1 is 1.44 bits per heavy atom. The highest BCUT2D eigenvalue weighted by Crippen LogP contribution is 2.22. The Bertz CT molecular complexity index is 543. The Morgan fingerprint density at radius 2 is 2.06 bits per heavy atom. The van der Waals surface area contributed by atoms with Crippen molar-refractivity contribution in [3.05, 3.63) is 39.1 Å². The van der Waals surface area contributed by atoms with Crippen molar-refractivity contribution >= 4 is 34.1 Å². The number of nitrogens with zero attached hydrogens (tertiary/aromatic N) is 2. The van der Waals surface area contributed by atoms with Crippen LogP contribution in [0.5, 0.6) is 0 Å². The number of aromatic nitrogens is 3. The second-order valence-electron chi connectivity index (χ2n) is 3.48. The van der Waals surface area contributed by atoms with Gasteiger partial charge in [0.25, 0.3) is 0 Å². The minimum Gasteiger partial charge on any atom is -0.368 e. The summed E-state index contributed by atoms with van der Waals surface area (Å²) in [5.74, 6) is 0.403. The third kappa shape index (κ3) is 2.03. The molecule has 0 aliphatic rings. The molecular formula is C10H11BrN4S. The SMILES string of the molecule is CC(c1ccc(Br)cc1)n1c(N)n[nH]c1=S. The molecule has 0 saturated heterocycles. The molecule has 0 aliphatic carbocycles. The Labute approximate surface area is 107 Å². The molecule has 0 saturated carbocycles. The van der Waals surface area contributed by atoms with Crippen LogP contribution in [0.1, 0.15) is 18.5 Å². The maximum atomic E-state index is 5.75. The van der Waals surface area contributed by atoms with E-state index in [4.69, 9.17) is 18.0 Å². The molecule has 2 rings (SSSR count). The summed E-state index contributed by atoms with van der Waals surface area (Å²) in [7, 11) is 0. The predicted octanol–water partition coefficient (Wildman–Crippen LogP) is 2.89. The van der Waals surface area contributed by atoms with Crippen LogP contribution in [-0.4, -0.2) is 14.8 Å². The van der Waals surface area contributed by atoms with Crippen LogP contribution in [0.15, 0.2) is 28.7 Å². The molecule has 1 atom stereocenters. The highest BCUT2D eigenvalue weighted by molar-refractivity contribution is 9.10. The number of rotatable bonds is 2. The number of halogens is 1. The summed E-state index contributed by atoms with van der Waals surface area (Å²) in [5, 5.41) is 6.58. The molecule has 16 heavy (non-hydrogen) atoms. The molecule has 1 aromatic carbocycles. The molecule has 1 aromatic heterocycles. The van der Waals surface area contributed by atoms with E-state index in [1.54, 1.807) is 4.57 Å². The largest absolute Gasteiger partial charge is 0.368 e. The topological polar surface area (TPSA) is 59.6 Å². The van der Waals surface area contributed by atoms with Crippen molar-refractivity contribution in [2.24, 2.45) is 0 Å². The molecule has 0 spiro atoms. The van der Waals surface area contributed by atoms with Gasteiger partial charge in [0.1, 0.15) is 0 Å². The highest BCUT2D eigenvalue weighted by Gasteiger charge is 2.12. The van der Waals surface area contributed by atoms with Gasteiger partial charge in [-0.05, 0) is 36.8 Å². The van der Waals surface area contributed by atoms with Crippen molar-refractivity contribution in [2.75, 3.05) is 5.73 Å².